The molecular weight excluding hydrogens is 969 g/mol. The van der Waals surface area contributed by atoms with Crippen LogP contribution in [0.15, 0.2) is 102 Å². The van der Waals surface area contributed by atoms with Gasteiger partial charge in [-0.1, -0.05) is 112 Å². The van der Waals surface area contributed by atoms with Crippen LogP contribution in [0.1, 0.15) is 153 Å². The molecule has 2 atom stereocenters. The van der Waals surface area contributed by atoms with Crippen LogP contribution in [0.3, 0.4) is 0 Å². The standard InChI is InChI=1S/C59H79F2N9O4S/c1-10-75-52(40(2)3)43-25-23-42(24-26-43)37-64-56(73)50-21-19-35-69(50)57(74)53(58(5,6)7)65-51(71)22-16-14-15-20-41(4)38-68(62)34-18-13-11-12-17-33-63-55(72)44-27-32-49-47(36-44)48-39-67(9)66-54(48)70(49)46-30-28-45(29-31-46)59(8,60)61/h10,23-32,36,38-39,50,53H,1,11-22,33-35,37,62H2,2-9H3,(H,63,72)(H,64,73)(H,65,71)/b41-38+. The van der Waals surface area contributed by atoms with Gasteiger partial charge in [0, 0.05) is 91.5 Å². The van der Waals surface area contributed by atoms with Gasteiger partial charge < -0.3 is 25.9 Å². The molecule has 0 saturated carbocycles. The third kappa shape index (κ3) is 15.9. The number of aryl methyl sites for hydroxylation is 1. The molecule has 0 radical (unpaired) electrons. The number of hydrazine groups is 1. The number of alkyl halides is 2. The van der Waals surface area contributed by atoms with Gasteiger partial charge in [0.1, 0.15) is 12.1 Å². The average Bonchev–Trinajstić information content (AvgIpc) is 4.08. The van der Waals surface area contributed by atoms with Gasteiger partial charge in [-0.15, -0.1) is 0 Å². The molecule has 1 aliphatic heterocycles. The number of hydrogen-bond acceptors (Lipinski definition) is 8. The molecule has 2 aromatic heterocycles. The van der Waals surface area contributed by atoms with Crippen LogP contribution >= 0.6 is 11.8 Å². The Morgan fingerprint density at radius 3 is 2.21 bits per heavy atom. The minimum Gasteiger partial charge on any atom is -0.352 e. The van der Waals surface area contributed by atoms with Crippen LogP contribution in [-0.4, -0.2) is 79.6 Å². The maximum Gasteiger partial charge on any atom is 0.270 e. The fourth-order valence-corrected chi connectivity index (χ4v) is 10.4. The molecule has 1 aliphatic rings. The second-order valence-electron chi connectivity index (χ2n) is 21.4. The van der Waals surface area contributed by atoms with Crippen molar-refractivity contribution < 1.29 is 28.0 Å². The molecule has 0 aliphatic carbocycles. The first-order chi connectivity index (χ1) is 35.7. The first-order valence-corrected chi connectivity index (χ1v) is 27.4. The van der Waals surface area contributed by atoms with E-state index in [9.17, 15) is 28.0 Å². The van der Waals surface area contributed by atoms with E-state index in [4.69, 9.17) is 5.84 Å². The van der Waals surface area contributed by atoms with Crippen LogP contribution in [0.5, 0.6) is 0 Å². The van der Waals surface area contributed by atoms with E-state index in [1.54, 1.807) is 44.6 Å². The van der Waals surface area contributed by atoms with Gasteiger partial charge in [0.25, 0.3) is 11.8 Å². The Labute approximate surface area is 446 Å². The molecular formula is C59H79F2N9O4S. The van der Waals surface area contributed by atoms with Gasteiger partial charge in [-0.2, -0.15) is 5.10 Å². The molecule has 2 unspecified atom stereocenters. The van der Waals surface area contributed by atoms with Gasteiger partial charge in [0.15, 0.2) is 5.65 Å². The Balaban J connectivity index is 0.843. The number of benzene rings is 3. The number of nitrogens with zero attached hydrogens (tertiary/aromatic N) is 5. The monoisotopic (exact) mass is 1050 g/mol. The summed E-state index contributed by atoms with van der Waals surface area (Å²) in [6.07, 6.45) is 13.7. The Morgan fingerprint density at radius 2 is 1.53 bits per heavy atom. The van der Waals surface area contributed by atoms with Crippen molar-refractivity contribution in [3.05, 3.63) is 125 Å². The van der Waals surface area contributed by atoms with Gasteiger partial charge in [0.05, 0.1) is 5.52 Å². The zero-order chi connectivity index (χ0) is 54.5. The van der Waals surface area contributed by atoms with Gasteiger partial charge in [0.2, 0.25) is 17.7 Å². The lowest BCUT2D eigenvalue weighted by atomic mass is 9.85. The molecule has 5 aromatic rings. The summed E-state index contributed by atoms with van der Waals surface area (Å²) < 4.78 is 31.5. The molecule has 1 saturated heterocycles. The van der Waals surface area contributed by atoms with Crippen molar-refractivity contribution >= 4 is 62.2 Å². The molecule has 16 heteroatoms. The molecule has 404 valence electrons. The van der Waals surface area contributed by atoms with Gasteiger partial charge >= 0.3 is 0 Å². The van der Waals surface area contributed by atoms with E-state index >= 15 is 0 Å². The van der Waals surface area contributed by atoms with Gasteiger partial charge in [-0.05, 0) is 118 Å². The summed E-state index contributed by atoms with van der Waals surface area (Å²) in [6, 6.07) is 18.5. The van der Waals surface area contributed by atoms with E-state index in [0.29, 0.717) is 55.8 Å². The number of carbonyl (C=O) groups is 4. The lowest BCUT2D eigenvalue weighted by molar-refractivity contribution is -0.143. The SMILES string of the molecule is C=CSC(=C(C)C)c1ccc(CNC(=O)C2CCCN2C(=O)C(NC(=O)CCCCC/C(C)=C/N(N)CCCCCCCNC(=O)c2ccc3c(c2)c2cn(C)nc2n3-c2ccc(C(C)(F)F)cc2)C(C)(C)C)cc1. The summed E-state index contributed by atoms with van der Waals surface area (Å²) in [7, 11) is 1.83. The Hall–Kier alpha value is -6.26. The van der Waals surface area contributed by atoms with Crippen LogP contribution in [0.25, 0.3) is 32.5 Å². The fourth-order valence-electron chi connectivity index (χ4n) is 9.72. The maximum absolute atomic E-state index is 14.0. The third-order valence-corrected chi connectivity index (χ3v) is 14.8. The lowest BCUT2D eigenvalue weighted by Crippen LogP contribution is -2.57. The van der Waals surface area contributed by atoms with Crippen LogP contribution < -0.4 is 21.8 Å². The molecule has 6 rings (SSSR count). The number of nitrogens with one attached hydrogen (secondary N) is 3. The maximum atomic E-state index is 14.0. The molecule has 3 aromatic carbocycles. The smallest absolute Gasteiger partial charge is 0.270 e. The Morgan fingerprint density at radius 1 is 0.867 bits per heavy atom. The number of allylic oxidation sites excluding steroid dienone is 2. The first kappa shape index (κ1) is 58.0. The summed E-state index contributed by atoms with van der Waals surface area (Å²) in [5.74, 6) is 2.68. The highest BCUT2D eigenvalue weighted by Crippen LogP contribution is 2.35. The minimum atomic E-state index is -2.94. The number of halogens is 2. The zero-order valence-corrected chi connectivity index (χ0v) is 46.2. The number of rotatable bonds is 26. The second kappa shape index (κ2) is 26.5. The van der Waals surface area contributed by atoms with E-state index in [1.807, 2.05) is 74.5 Å². The van der Waals surface area contributed by atoms with Gasteiger partial charge in [-0.25, -0.2) is 14.6 Å². The van der Waals surface area contributed by atoms with Crippen molar-refractivity contribution in [3.63, 3.8) is 0 Å². The molecule has 75 heavy (non-hydrogen) atoms. The number of hydrogen-bond donors (Lipinski definition) is 4. The molecule has 1 fully saturated rings. The zero-order valence-electron chi connectivity index (χ0n) is 45.4. The number of likely N-dealkylation sites (tertiary alicyclic amines) is 1. The van der Waals surface area contributed by atoms with E-state index in [-0.39, 0.29) is 29.2 Å². The summed E-state index contributed by atoms with van der Waals surface area (Å²) in [5.41, 5.74) is 6.62. The van der Waals surface area contributed by atoms with Crippen LogP contribution in [0.4, 0.5) is 8.78 Å². The van der Waals surface area contributed by atoms with Crippen LogP contribution in [0, 0.1) is 5.41 Å². The van der Waals surface area contributed by atoms with E-state index in [1.165, 1.54) is 23.3 Å². The number of unbranched alkanes of at least 4 members (excludes halogenated alkanes) is 6. The molecule has 3 heterocycles. The van der Waals surface area contributed by atoms with E-state index < -0.39 is 23.4 Å². The molecule has 4 amide bonds. The highest BCUT2D eigenvalue weighted by molar-refractivity contribution is 8.10. The van der Waals surface area contributed by atoms with Crippen molar-refractivity contribution in [1.82, 2.24) is 40.2 Å². The summed E-state index contributed by atoms with van der Waals surface area (Å²) >= 11 is 1.59. The van der Waals surface area contributed by atoms with Crippen molar-refractivity contribution in [1.29, 1.82) is 0 Å². The largest absolute Gasteiger partial charge is 0.352 e. The van der Waals surface area contributed by atoms with Crippen molar-refractivity contribution in [3.8, 4) is 5.69 Å². The Kier molecular flexibility index (Phi) is 20.5. The minimum absolute atomic E-state index is 0.0596. The third-order valence-electron chi connectivity index (χ3n) is 13.8. The second-order valence-corrected chi connectivity index (χ2v) is 22.4. The molecule has 0 bridgehead atoms. The lowest BCUT2D eigenvalue weighted by Gasteiger charge is -2.35. The number of amides is 4. The highest BCUT2D eigenvalue weighted by Gasteiger charge is 2.41. The molecule has 13 nitrogen and oxygen atoms in total. The van der Waals surface area contributed by atoms with Crippen molar-refractivity contribution in [2.24, 2.45) is 18.3 Å². The number of fused-ring (bicyclic) bond motifs is 3. The highest BCUT2D eigenvalue weighted by atomic mass is 32.2. The first-order valence-electron chi connectivity index (χ1n) is 26.5. The number of nitrogens with two attached hydrogens (primary N) is 1. The number of aromatic nitrogens is 3. The molecule has 5 N–H and O–H groups in total. The predicted molar refractivity (Wildman–Crippen MR) is 301 cm³/mol. The summed E-state index contributed by atoms with van der Waals surface area (Å²) in [6.45, 7) is 18.9. The topological polar surface area (TPSA) is 160 Å². The van der Waals surface area contributed by atoms with E-state index in [0.717, 1.165) is 104 Å². The number of carbonyl (C=O) groups excluding carboxylic acids is 4. The van der Waals surface area contributed by atoms with Crippen LogP contribution in [0.2, 0.25) is 0 Å². The predicted octanol–water partition coefficient (Wildman–Crippen LogP) is 11.8. The van der Waals surface area contributed by atoms with Crippen molar-refractivity contribution in [2.75, 3.05) is 19.6 Å². The fraction of sp³-hybridized carbons (Fsp3) is 0.475. The van der Waals surface area contributed by atoms with E-state index in [2.05, 4.69) is 60.5 Å². The van der Waals surface area contributed by atoms with Crippen molar-refractivity contribution in [2.45, 2.75) is 150 Å². The quantitative estimate of drug-likeness (QED) is 0.0242. The summed E-state index contributed by atoms with van der Waals surface area (Å²) in [4.78, 5) is 56.8. The average molecular weight is 1050 g/mol. The van der Waals surface area contributed by atoms with Gasteiger partial charge in [-0.3, -0.25) is 28.4 Å². The molecule has 0 spiro atoms. The Bertz CT molecular complexity index is 2840. The number of thioether (sulfide) groups is 1. The van der Waals surface area contributed by atoms with Crippen LogP contribution in [-0.2, 0) is 33.9 Å². The normalized spacial score (nSPS) is 14.5. The summed E-state index contributed by atoms with van der Waals surface area (Å²) in [5, 5.41) is 19.1.